The predicted octanol–water partition coefficient (Wildman–Crippen LogP) is 8.41. The van der Waals surface area contributed by atoms with Gasteiger partial charge in [-0.25, -0.2) is 24.7 Å². The van der Waals surface area contributed by atoms with Crippen molar-refractivity contribution in [2.75, 3.05) is 46.4 Å². The first-order valence-corrected chi connectivity index (χ1v) is 22.3. The van der Waals surface area contributed by atoms with Crippen molar-refractivity contribution in [3.05, 3.63) is 73.6 Å². The maximum Gasteiger partial charge on any atom is 0.407 e. The quantitative estimate of drug-likeness (QED) is 0.116. The number of rotatable bonds is 8. The zero-order chi connectivity index (χ0) is 44.0. The fraction of sp³-hybridized carbons (Fsp3) is 0.409. The van der Waals surface area contributed by atoms with Gasteiger partial charge in [0.15, 0.2) is 9.66 Å². The van der Waals surface area contributed by atoms with Crippen molar-refractivity contribution in [3.8, 4) is 43.7 Å². The molecule has 2 aliphatic heterocycles. The van der Waals surface area contributed by atoms with Crippen LogP contribution in [0.2, 0.25) is 0 Å². The summed E-state index contributed by atoms with van der Waals surface area (Å²) >= 11 is 3.25. The Labute approximate surface area is 365 Å². The first-order chi connectivity index (χ1) is 29.6. The number of carbonyl (C=O) groups is 4. The van der Waals surface area contributed by atoms with Crippen LogP contribution in [0.4, 0.5) is 4.79 Å². The molecule has 6 heterocycles. The Hall–Kier alpha value is -5.94. The Balaban J connectivity index is 0.000000219. The van der Waals surface area contributed by atoms with Gasteiger partial charge in [0.1, 0.15) is 16.6 Å². The van der Waals surface area contributed by atoms with Crippen LogP contribution in [0.15, 0.2) is 73.6 Å². The van der Waals surface area contributed by atoms with E-state index in [1.807, 2.05) is 12.4 Å². The number of aromatic nitrogens is 6. The Morgan fingerprint density at radius 3 is 1.31 bits per heavy atom. The summed E-state index contributed by atoms with van der Waals surface area (Å²) in [6.07, 6.45) is 13.2. The number of nitrogens with zero attached hydrogens (tertiary/aromatic N) is 6. The topological polar surface area (TPSA) is 191 Å². The minimum Gasteiger partial charge on any atom is -0.453 e. The highest BCUT2D eigenvalue weighted by Gasteiger charge is 2.19. The van der Waals surface area contributed by atoms with E-state index < -0.39 is 6.09 Å². The Morgan fingerprint density at radius 2 is 0.984 bits per heavy atom. The van der Waals surface area contributed by atoms with Gasteiger partial charge in [0.2, 0.25) is 17.7 Å². The molecule has 4 aromatic heterocycles. The zero-order valence-corrected chi connectivity index (χ0v) is 37.6. The van der Waals surface area contributed by atoms with Crippen LogP contribution in [0.25, 0.3) is 53.3 Å². The third kappa shape index (κ3) is 15.2. The van der Waals surface area contributed by atoms with Gasteiger partial charge in [-0.1, -0.05) is 112 Å². The van der Waals surface area contributed by atoms with Gasteiger partial charge < -0.3 is 35.1 Å². The Kier molecular flexibility index (Phi) is 20.1. The lowest BCUT2D eigenvalue weighted by molar-refractivity contribution is -0.131. The molecule has 2 aliphatic rings. The number of ether oxygens (including phenoxy) is 1. The van der Waals surface area contributed by atoms with Gasteiger partial charge in [-0.3, -0.25) is 14.4 Å². The first kappa shape index (κ1) is 47.7. The van der Waals surface area contributed by atoms with Crippen molar-refractivity contribution < 1.29 is 23.9 Å². The van der Waals surface area contributed by atoms with Crippen LogP contribution in [0.5, 0.6) is 0 Å². The number of fused-ring (bicyclic) bond motifs is 1. The second-order valence-corrected chi connectivity index (χ2v) is 16.0. The summed E-state index contributed by atoms with van der Waals surface area (Å²) in [6.45, 7) is 13.4. The van der Waals surface area contributed by atoms with Crippen LogP contribution < -0.4 is 10.6 Å². The largest absolute Gasteiger partial charge is 0.453 e. The molecule has 2 fully saturated rings. The van der Waals surface area contributed by atoms with Crippen LogP contribution >= 0.6 is 22.7 Å². The molecular weight excluding hydrogens is 813 g/mol. The number of carbonyl (C=O) groups excluding carboxylic acids is 4. The van der Waals surface area contributed by atoms with Crippen molar-refractivity contribution in [2.24, 2.45) is 0 Å². The number of nitrogens with one attached hydrogen (secondary N) is 4. The molecular formula is C44H58N10O5S2. The molecule has 326 valence electrons. The van der Waals surface area contributed by atoms with E-state index in [2.05, 4.69) is 112 Å². The number of H-pyrrole nitrogens is 2. The van der Waals surface area contributed by atoms with Crippen LogP contribution in [0.1, 0.15) is 73.1 Å². The predicted molar refractivity (Wildman–Crippen MR) is 244 cm³/mol. The van der Waals surface area contributed by atoms with E-state index in [0.717, 1.165) is 105 Å². The molecule has 2 saturated heterocycles. The fourth-order valence-corrected chi connectivity index (χ4v) is 7.93. The minimum absolute atomic E-state index is 0.0303. The lowest BCUT2D eigenvalue weighted by Gasteiger charge is -2.14. The number of methoxy groups -OCH3 is 1. The Bertz CT molecular complexity index is 2050. The fourth-order valence-electron chi connectivity index (χ4n) is 5.88. The van der Waals surface area contributed by atoms with Crippen molar-refractivity contribution in [3.63, 3.8) is 0 Å². The molecule has 4 amide bonds. The standard InChI is InChI=1S/C22H14N6S2.C8H14N2O3.C8H14N2O2.2C3H8/c1-5-15(6-2-13(1)17-9-23-11-25-17)19-27-21-22(29-19)28-20(30-21)16-7-3-14(4-8-16)18-10-24-12-26-18;1-13-8(12)9-6-7(11)10-4-2-3-5-10;1-7(11)9-6-8(12)10-4-2-3-5-10;2*1-3-2/h1-12H,(H,23,25)(H,24,26);2-6H2,1H3,(H,9,12);2-6H2,1H3,(H,9,11);2*3H2,1-2H3. The molecule has 0 saturated carbocycles. The molecule has 0 spiro atoms. The average Bonchev–Trinajstić information content (AvgIpc) is 4.13. The lowest BCUT2D eigenvalue weighted by Crippen LogP contribution is -2.38. The molecule has 61 heavy (non-hydrogen) atoms. The minimum atomic E-state index is -0.562. The van der Waals surface area contributed by atoms with Gasteiger partial charge in [0, 0.05) is 44.2 Å². The van der Waals surface area contributed by atoms with Gasteiger partial charge in [-0.05, 0) is 36.8 Å². The van der Waals surface area contributed by atoms with Crippen molar-refractivity contribution >= 4 is 56.1 Å². The van der Waals surface area contributed by atoms with E-state index >= 15 is 0 Å². The normalized spacial score (nSPS) is 12.7. The summed E-state index contributed by atoms with van der Waals surface area (Å²) in [5, 5.41) is 6.82. The van der Waals surface area contributed by atoms with Crippen LogP contribution in [0.3, 0.4) is 0 Å². The number of aromatic amines is 2. The third-order valence-electron chi connectivity index (χ3n) is 8.83. The number of amides is 4. The summed E-state index contributed by atoms with van der Waals surface area (Å²) < 4.78 is 4.34. The molecule has 0 bridgehead atoms. The van der Waals surface area contributed by atoms with E-state index in [4.69, 9.17) is 9.97 Å². The molecule has 0 atom stereocenters. The van der Waals surface area contributed by atoms with Crippen molar-refractivity contribution in [1.82, 2.24) is 50.3 Å². The second-order valence-electron chi connectivity index (χ2n) is 14.1. The summed E-state index contributed by atoms with van der Waals surface area (Å²) in [5.74, 6) is -0.159. The molecule has 0 radical (unpaired) electrons. The van der Waals surface area contributed by atoms with E-state index in [1.165, 1.54) is 26.9 Å². The van der Waals surface area contributed by atoms with E-state index in [-0.39, 0.29) is 30.8 Å². The zero-order valence-electron chi connectivity index (χ0n) is 36.0. The molecule has 15 nitrogen and oxygen atoms in total. The third-order valence-corrected chi connectivity index (χ3v) is 11.0. The number of likely N-dealkylation sites (tertiary alicyclic amines) is 2. The summed E-state index contributed by atoms with van der Waals surface area (Å²) in [6, 6.07) is 16.7. The van der Waals surface area contributed by atoms with Crippen LogP contribution in [0, 0.1) is 0 Å². The first-order valence-electron chi connectivity index (χ1n) is 20.7. The molecule has 2 aromatic carbocycles. The van der Waals surface area contributed by atoms with E-state index in [1.54, 1.807) is 45.1 Å². The highest BCUT2D eigenvalue weighted by molar-refractivity contribution is 7.29. The SMILES string of the molecule is CC(=O)NCC(=O)N1CCCC1.CCC.CCC.COC(=O)NCC(=O)N1CCCC1.c1ncc(-c2ccc(-c3nc4sc(-c5ccc(-c6cnc[nH]6)cc5)nc4s3)cc2)[nH]1. The molecule has 4 N–H and O–H groups in total. The van der Waals surface area contributed by atoms with Crippen LogP contribution in [-0.2, 0) is 19.1 Å². The van der Waals surface area contributed by atoms with Gasteiger partial charge in [-0.2, -0.15) is 0 Å². The summed E-state index contributed by atoms with van der Waals surface area (Å²) in [4.78, 5) is 73.2. The van der Waals surface area contributed by atoms with Gasteiger partial charge in [-0.15, -0.1) is 0 Å². The highest BCUT2D eigenvalue weighted by atomic mass is 32.1. The number of benzene rings is 2. The number of hydrogen-bond acceptors (Lipinski definition) is 11. The maximum absolute atomic E-state index is 11.3. The van der Waals surface area contributed by atoms with E-state index in [0.29, 0.717) is 0 Å². The number of alkyl carbamates (subject to hydrolysis) is 1. The average molecular weight is 871 g/mol. The van der Waals surface area contributed by atoms with Crippen molar-refractivity contribution in [2.45, 2.75) is 73.1 Å². The van der Waals surface area contributed by atoms with Crippen molar-refractivity contribution in [1.29, 1.82) is 0 Å². The highest BCUT2D eigenvalue weighted by Crippen LogP contribution is 2.37. The lowest BCUT2D eigenvalue weighted by atomic mass is 10.1. The monoisotopic (exact) mass is 870 g/mol. The number of thiazole rings is 2. The second kappa shape index (κ2) is 25.6. The molecule has 17 heteroatoms. The summed E-state index contributed by atoms with van der Waals surface area (Å²) in [7, 11) is 1.27. The van der Waals surface area contributed by atoms with E-state index in [9.17, 15) is 19.2 Å². The number of hydrogen-bond donors (Lipinski definition) is 4. The summed E-state index contributed by atoms with van der Waals surface area (Å²) in [5.41, 5.74) is 6.41. The smallest absolute Gasteiger partial charge is 0.407 e. The van der Waals surface area contributed by atoms with Gasteiger partial charge in [0.05, 0.1) is 50.1 Å². The van der Waals surface area contributed by atoms with Gasteiger partial charge in [0.25, 0.3) is 0 Å². The molecule has 0 unspecified atom stereocenters. The molecule has 8 rings (SSSR count). The van der Waals surface area contributed by atoms with Gasteiger partial charge >= 0.3 is 6.09 Å². The number of imidazole rings is 2. The molecule has 6 aromatic rings. The van der Waals surface area contributed by atoms with Crippen LogP contribution in [-0.4, -0.2) is 110 Å². The Morgan fingerprint density at radius 1 is 0.623 bits per heavy atom. The molecule has 0 aliphatic carbocycles. The maximum atomic E-state index is 11.3.